The second kappa shape index (κ2) is 7.50. The highest BCUT2D eigenvalue weighted by Gasteiger charge is 2.10. The van der Waals surface area contributed by atoms with E-state index in [0.29, 0.717) is 0 Å². The zero-order valence-electron chi connectivity index (χ0n) is 18.5. The largest absolute Gasteiger partial charge is 0.361 e. The van der Waals surface area contributed by atoms with Crippen LogP contribution in [0.25, 0.3) is 65.0 Å². The topological polar surface area (TPSA) is 31.6 Å². The molecule has 160 valence electrons. The van der Waals surface area contributed by atoms with Crippen molar-refractivity contribution in [1.29, 1.82) is 0 Å². The lowest BCUT2D eigenvalue weighted by Crippen LogP contribution is -1.82. The van der Waals surface area contributed by atoms with Crippen LogP contribution in [0.5, 0.6) is 0 Å². The van der Waals surface area contributed by atoms with E-state index in [0.717, 1.165) is 0 Å². The first kappa shape index (κ1) is 19.0. The number of benzene rings is 6. The molecular formula is C32H22N2. The van der Waals surface area contributed by atoms with Crippen LogP contribution in [0.4, 0.5) is 0 Å². The van der Waals surface area contributed by atoms with E-state index in [1.165, 1.54) is 65.0 Å². The summed E-state index contributed by atoms with van der Waals surface area (Å²) in [6.45, 7) is 0. The van der Waals surface area contributed by atoms with Gasteiger partial charge in [-0.1, -0.05) is 97.1 Å². The fourth-order valence-electron chi connectivity index (χ4n) is 5.22. The molecule has 2 nitrogen and oxygen atoms in total. The van der Waals surface area contributed by atoms with E-state index in [2.05, 4.69) is 113 Å². The molecule has 6 aromatic carbocycles. The lowest BCUT2D eigenvalue weighted by Gasteiger charge is -2.08. The van der Waals surface area contributed by atoms with Crippen molar-refractivity contribution >= 4 is 65.0 Å². The monoisotopic (exact) mass is 434 g/mol. The molecule has 2 heterocycles. The molecule has 2 heteroatoms. The molecule has 0 atom stereocenters. The van der Waals surface area contributed by atoms with Gasteiger partial charge in [0.25, 0.3) is 0 Å². The standard InChI is InChI=1S/C24H15N.C8H7N/c1-2-6-16-15(5-1)9-10-18-17(16)11-13-21-19(18)12-14-22-20-7-3-4-8-23(20)25-24(21)22;1-2-4-8-7(3-1)5-6-9-8/h1-14,25H;1-6,9H. The molecule has 0 saturated heterocycles. The number of hydrogen-bond acceptors (Lipinski definition) is 0. The van der Waals surface area contributed by atoms with E-state index < -0.39 is 0 Å². The minimum Gasteiger partial charge on any atom is -0.361 e. The molecule has 2 N–H and O–H groups in total. The van der Waals surface area contributed by atoms with Crippen LogP contribution in [0, 0.1) is 0 Å². The zero-order chi connectivity index (χ0) is 22.5. The lowest BCUT2D eigenvalue weighted by atomic mass is 9.96. The first-order chi connectivity index (χ1) is 16.9. The number of aromatic amines is 2. The van der Waals surface area contributed by atoms with Crippen LogP contribution in [-0.2, 0) is 0 Å². The van der Waals surface area contributed by atoms with Crippen LogP contribution in [0.15, 0.2) is 121 Å². The summed E-state index contributed by atoms with van der Waals surface area (Å²) >= 11 is 0. The number of rotatable bonds is 0. The molecular weight excluding hydrogens is 412 g/mol. The average Bonchev–Trinajstić information content (AvgIpc) is 3.53. The van der Waals surface area contributed by atoms with Gasteiger partial charge in [-0.05, 0) is 50.5 Å². The zero-order valence-corrected chi connectivity index (χ0v) is 18.5. The third-order valence-electron chi connectivity index (χ3n) is 6.86. The minimum absolute atomic E-state index is 1.20. The van der Waals surface area contributed by atoms with Gasteiger partial charge in [0.1, 0.15) is 0 Å². The van der Waals surface area contributed by atoms with Crippen LogP contribution in [-0.4, -0.2) is 9.97 Å². The number of para-hydroxylation sites is 2. The normalized spacial score (nSPS) is 11.5. The summed E-state index contributed by atoms with van der Waals surface area (Å²) in [6, 6.07) is 41.0. The molecule has 8 rings (SSSR count). The van der Waals surface area contributed by atoms with E-state index in [1.807, 2.05) is 18.3 Å². The van der Waals surface area contributed by atoms with E-state index in [4.69, 9.17) is 0 Å². The molecule has 0 bridgehead atoms. The highest BCUT2D eigenvalue weighted by Crippen LogP contribution is 2.36. The second-order valence-electron chi connectivity index (χ2n) is 8.77. The van der Waals surface area contributed by atoms with E-state index in [9.17, 15) is 0 Å². The Bertz CT molecular complexity index is 1940. The van der Waals surface area contributed by atoms with Gasteiger partial charge in [0.2, 0.25) is 0 Å². The Morgan fingerprint density at radius 1 is 0.353 bits per heavy atom. The van der Waals surface area contributed by atoms with Crippen molar-refractivity contribution in [3.8, 4) is 0 Å². The fourth-order valence-corrected chi connectivity index (χ4v) is 5.22. The number of hydrogen-bond donors (Lipinski definition) is 2. The summed E-state index contributed by atoms with van der Waals surface area (Å²) in [5, 5.41) is 11.7. The molecule has 0 radical (unpaired) electrons. The summed E-state index contributed by atoms with van der Waals surface area (Å²) in [5.41, 5.74) is 3.63. The molecule has 0 aliphatic rings. The molecule has 34 heavy (non-hydrogen) atoms. The van der Waals surface area contributed by atoms with Crippen molar-refractivity contribution in [1.82, 2.24) is 9.97 Å². The molecule has 2 aromatic heterocycles. The molecule has 8 aromatic rings. The SMILES string of the molecule is c1ccc2[nH]ccc2c1.c1ccc2c(c1)ccc1c2ccc2c1ccc1c3ccccc3[nH]c12. The maximum absolute atomic E-state index is 3.62. The van der Waals surface area contributed by atoms with Crippen LogP contribution >= 0.6 is 0 Å². The van der Waals surface area contributed by atoms with Gasteiger partial charge >= 0.3 is 0 Å². The van der Waals surface area contributed by atoms with Crippen LogP contribution in [0.2, 0.25) is 0 Å². The van der Waals surface area contributed by atoms with Gasteiger partial charge in [0.15, 0.2) is 0 Å². The third-order valence-corrected chi connectivity index (χ3v) is 6.86. The Morgan fingerprint density at radius 3 is 1.74 bits per heavy atom. The Hall–Kier alpha value is -4.56. The Kier molecular flexibility index (Phi) is 4.18. The molecule has 0 fully saturated rings. The van der Waals surface area contributed by atoms with Crippen molar-refractivity contribution < 1.29 is 0 Å². The van der Waals surface area contributed by atoms with E-state index in [1.54, 1.807) is 0 Å². The van der Waals surface area contributed by atoms with Gasteiger partial charge in [0, 0.05) is 33.4 Å². The maximum Gasteiger partial charge on any atom is 0.0544 e. The van der Waals surface area contributed by atoms with Gasteiger partial charge in [-0.2, -0.15) is 0 Å². The van der Waals surface area contributed by atoms with Gasteiger partial charge in [0.05, 0.1) is 5.52 Å². The molecule has 0 aliphatic heterocycles. The van der Waals surface area contributed by atoms with Crippen LogP contribution < -0.4 is 0 Å². The summed E-state index contributed by atoms with van der Waals surface area (Å²) in [6.07, 6.45) is 1.95. The van der Waals surface area contributed by atoms with Crippen molar-refractivity contribution in [2.75, 3.05) is 0 Å². The predicted octanol–water partition coefficient (Wildman–Crippen LogP) is 8.95. The molecule has 0 saturated carbocycles. The summed E-state index contributed by atoms with van der Waals surface area (Å²) in [4.78, 5) is 6.74. The smallest absolute Gasteiger partial charge is 0.0544 e. The number of aromatic nitrogens is 2. The Labute approximate surface area is 196 Å². The first-order valence-corrected chi connectivity index (χ1v) is 11.6. The number of H-pyrrole nitrogens is 2. The van der Waals surface area contributed by atoms with Gasteiger partial charge in [-0.15, -0.1) is 0 Å². The third kappa shape index (κ3) is 2.89. The van der Waals surface area contributed by atoms with Gasteiger partial charge in [-0.25, -0.2) is 0 Å². The fraction of sp³-hybridized carbons (Fsp3) is 0. The highest BCUT2D eigenvalue weighted by molar-refractivity contribution is 6.24. The maximum atomic E-state index is 3.62. The minimum atomic E-state index is 1.20. The Balaban J connectivity index is 0.000000187. The van der Waals surface area contributed by atoms with Crippen LogP contribution in [0.1, 0.15) is 0 Å². The molecule has 0 spiro atoms. The van der Waals surface area contributed by atoms with E-state index in [-0.39, 0.29) is 0 Å². The second-order valence-corrected chi connectivity index (χ2v) is 8.77. The number of fused-ring (bicyclic) bond motifs is 10. The first-order valence-electron chi connectivity index (χ1n) is 11.6. The van der Waals surface area contributed by atoms with Crippen molar-refractivity contribution in [3.05, 3.63) is 121 Å². The van der Waals surface area contributed by atoms with Gasteiger partial charge < -0.3 is 9.97 Å². The van der Waals surface area contributed by atoms with Gasteiger partial charge in [-0.3, -0.25) is 0 Å². The summed E-state index contributed by atoms with van der Waals surface area (Å²) in [7, 11) is 0. The average molecular weight is 435 g/mol. The lowest BCUT2D eigenvalue weighted by molar-refractivity contribution is 1.48. The summed E-state index contributed by atoms with van der Waals surface area (Å²) in [5.74, 6) is 0. The molecule has 0 amide bonds. The molecule has 0 aliphatic carbocycles. The quantitative estimate of drug-likeness (QED) is 0.223. The van der Waals surface area contributed by atoms with Crippen molar-refractivity contribution in [2.45, 2.75) is 0 Å². The van der Waals surface area contributed by atoms with Crippen LogP contribution in [0.3, 0.4) is 0 Å². The molecule has 0 unspecified atom stereocenters. The summed E-state index contributed by atoms with van der Waals surface area (Å²) < 4.78 is 0. The highest BCUT2D eigenvalue weighted by atomic mass is 14.7. The Morgan fingerprint density at radius 2 is 0.912 bits per heavy atom. The van der Waals surface area contributed by atoms with Crippen molar-refractivity contribution in [3.63, 3.8) is 0 Å². The van der Waals surface area contributed by atoms with E-state index >= 15 is 0 Å². The predicted molar refractivity (Wildman–Crippen MR) is 147 cm³/mol. The van der Waals surface area contributed by atoms with Crippen molar-refractivity contribution in [2.24, 2.45) is 0 Å². The number of nitrogens with one attached hydrogen (secondary N) is 2.